The molecular formula is C22H31F3O5S. The van der Waals surface area contributed by atoms with Crippen molar-refractivity contribution in [3.63, 3.8) is 0 Å². The van der Waals surface area contributed by atoms with Crippen molar-refractivity contribution in [1.82, 2.24) is 0 Å². The molecule has 4 aliphatic rings. The first-order chi connectivity index (χ1) is 14.3. The van der Waals surface area contributed by atoms with Crippen LogP contribution in [0.5, 0.6) is 0 Å². The maximum absolute atomic E-state index is 12.9. The Morgan fingerprint density at radius 3 is 2.45 bits per heavy atom. The molecule has 0 radical (unpaired) electrons. The molecule has 5 nitrogen and oxygen atoms in total. The van der Waals surface area contributed by atoms with Crippen molar-refractivity contribution in [3.8, 4) is 0 Å². The molecule has 0 bridgehead atoms. The second-order valence-electron chi connectivity index (χ2n) is 10.3. The number of carbonyl (C=O) groups is 1. The fraction of sp³-hybridized carbons (Fsp3) is 0.864. The average Bonchev–Trinajstić information content (AvgIpc) is 2.96. The summed E-state index contributed by atoms with van der Waals surface area (Å²) >= 11 is 0. The molecule has 3 saturated carbocycles. The monoisotopic (exact) mass is 464 g/mol. The Labute approximate surface area is 181 Å². The van der Waals surface area contributed by atoms with Gasteiger partial charge in [0.05, 0.1) is 6.10 Å². The quantitative estimate of drug-likeness (QED) is 0.251. The molecule has 0 aliphatic heterocycles. The maximum atomic E-state index is 12.9. The second-order valence-corrected chi connectivity index (χ2v) is 11.9. The lowest BCUT2D eigenvalue weighted by molar-refractivity contribution is -0.148. The highest BCUT2D eigenvalue weighted by molar-refractivity contribution is 7.87. The van der Waals surface area contributed by atoms with Crippen LogP contribution >= 0.6 is 0 Å². The molecule has 7 atom stereocenters. The minimum Gasteiger partial charge on any atom is -0.462 e. The van der Waals surface area contributed by atoms with E-state index in [0.717, 1.165) is 32.1 Å². The molecule has 176 valence electrons. The number of allylic oxidation sites excluding steroid dienone is 1. The van der Waals surface area contributed by atoms with E-state index in [1.54, 1.807) is 0 Å². The van der Waals surface area contributed by atoms with Gasteiger partial charge in [0, 0.05) is 13.3 Å². The van der Waals surface area contributed by atoms with Gasteiger partial charge in [0.1, 0.15) is 6.10 Å². The third kappa shape index (κ3) is 3.73. The van der Waals surface area contributed by atoms with Gasteiger partial charge in [0.2, 0.25) is 0 Å². The van der Waals surface area contributed by atoms with Gasteiger partial charge >= 0.3 is 21.6 Å². The summed E-state index contributed by atoms with van der Waals surface area (Å²) in [5.41, 5.74) is -4.64. The van der Waals surface area contributed by atoms with Crippen LogP contribution in [0.3, 0.4) is 0 Å². The smallest absolute Gasteiger partial charge is 0.462 e. The van der Waals surface area contributed by atoms with Crippen LogP contribution in [-0.4, -0.2) is 32.1 Å². The first kappa shape index (κ1) is 23.1. The molecule has 0 aromatic rings. The summed E-state index contributed by atoms with van der Waals surface area (Å²) < 4.78 is 72.2. The topological polar surface area (TPSA) is 69.7 Å². The molecule has 3 fully saturated rings. The predicted octanol–water partition coefficient (Wildman–Crippen LogP) is 5.12. The van der Waals surface area contributed by atoms with Gasteiger partial charge in [-0.2, -0.15) is 21.6 Å². The molecule has 0 spiro atoms. The van der Waals surface area contributed by atoms with Crippen LogP contribution < -0.4 is 0 Å². The summed E-state index contributed by atoms with van der Waals surface area (Å²) in [6, 6.07) is 0. The lowest BCUT2D eigenvalue weighted by atomic mass is 9.48. The highest BCUT2D eigenvalue weighted by Gasteiger charge is 2.61. The van der Waals surface area contributed by atoms with Crippen LogP contribution in [0.4, 0.5) is 13.2 Å². The van der Waals surface area contributed by atoms with E-state index in [9.17, 15) is 26.4 Å². The zero-order chi connectivity index (χ0) is 22.8. The maximum Gasteiger partial charge on any atom is 0.523 e. The number of hydrogen-bond acceptors (Lipinski definition) is 5. The van der Waals surface area contributed by atoms with Gasteiger partial charge in [0.25, 0.3) is 0 Å². The SMILES string of the molecule is CC(=O)OC1CC[C@@]2(C)C(=CCC3C4CCC(OS(=O)(=O)C(F)(F)F)[C@@]4(C)CCC32)C1. The molecule has 0 N–H and O–H groups in total. The summed E-state index contributed by atoms with van der Waals surface area (Å²) in [6.45, 7) is 5.62. The highest BCUT2D eigenvalue weighted by Crippen LogP contribution is 2.65. The molecule has 0 heterocycles. The molecular weight excluding hydrogens is 433 g/mol. The number of ether oxygens (including phenoxy) is 1. The predicted molar refractivity (Wildman–Crippen MR) is 107 cm³/mol. The second kappa shape index (κ2) is 7.47. The van der Waals surface area contributed by atoms with E-state index in [2.05, 4.69) is 13.0 Å². The van der Waals surface area contributed by atoms with Crippen molar-refractivity contribution in [1.29, 1.82) is 0 Å². The Morgan fingerprint density at radius 2 is 1.81 bits per heavy atom. The molecule has 0 saturated heterocycles. The number of halogens is 3. The number of rotatable bonds is 3. The van der Waals surface area contributed by atoms with Crippen molar-refractivity contribution in [3.05, 3.63) is 11.6 Å². The number of esters is 1. The standard InChI is InChI=1S/C22H31F3O5S/c1-13(26)29-15-8-10-20(2)14(12-15)4-5-16-17-6-7-19(21(17,3)11-9-18(16)20)30-31(27,28)22(23,24)25/h4,15-19H,5-12H2,1-3H3/t15?,16?,17?,18?,19?,20-,21-/m0/s1. The van der Waals surface area contributed by atoms with Gasteiger partial charge in [-0.3, -0.25) is 8.98 Å². The minimum absolute atomic E-state index is 0.00210. The number of hydrogen-bond donors (Lipinski definition) is 0. The first-order valence-corrected chi connectivity index (χ1v) is 12.5. The molecule has 31 heavy (non-hydrogen) atoms. The summed E-state index contributed by atoms with van der Waals surface area (Å²) in [7, 11) is -5.60. The van der Waals surface area contributed by atoms with E-state index in [1.165, 1.54) is 12.5 Å². The fourth-order valence-corrected chi connectivity index (χ4v) is 8.01. The Bertz CT molecular complexity index is 882. The average molecular weight is 465 g/mol. The lowest BCUT2D eigenvalue weighted by Crippen LogP contribution is -2.52. The van der Waals surface area contributed by atoms with E-state index in [1.807, 2.05) is 6.92 Å². The highest BCUT2D eigenvalue weighted by atomic mass is 32.2. The molecule has 9 heteroatoms. The fourth-order valence-electron chi connectivity index (χ4n) is 7.28. The van der Waals surface area contributed by atoms with Crippen molar-refractivity contribution in [2.24, 2.45) is 28.6 Å². The van der Waals surface area contributed by atoms with Gasteiger partial charge in [-0.1, -0.05) is 25.5 Å². The largest absolute Gasteiger partial charge is 0.523 e. The zero-order valence-electron chi connectivity index (χ0n) is 18.2. The molecule has 4 rings (SSSR count). The van der Waals surface area contributed by atoms with Crippen LogP contribution in [0, 0.1) is 28.6 Å². The molecule has 4 aliphatic carbocycles. The summed E-state index contributed by atoms with van der Waals surface area (Å²) in [5.74, 6) is 0.587. The third-order valence-electron chi connectivity index (χ3n) is 8.83. The Kier molecular flexibility index (Phi) is 5.56. The number of carbonyl (C=O) groups excluding carboxylic acids is 1. The molecule has 0 aromatic carbocycles. The zero-order valence-corrected chi connectivity index (χ0v) is 19.0. The van der Waals surface area contributed by atoms with E-state index in [4.69, 9.17) is 8.92 Å². The summed E-state index contributed by atoms with van der Waals surface area (Å²) in [4.78, 5) is 11.4. The Hall–Kier alpha value is -1.09. The normalized spacial score (nSPS) is 42.8. The Morgan fingerprint density at radius 1 is 1.10 bits per heavy atom. The van der Waals surface area contributed by atoms with E-state index >= 15 is 0 Å². The van der Waals surface area contributed by atoms with Gasteiger partial charge in [0.15, 0.2) is 0 Å². The Balaban J connectivity index is 1.55. The molecule has 5 unspecified atom stereocenters. The van der Waals surface area contributed by atoms with Crippen LogP contribution in [0.15, 0.2) is 11.6 Å². The molecule has 0 aromatic heterocycles. The lowest BCUT2D eigenvalue weighted by Gasteiger charge is -2.57. The van der Waals surface area contributed by atoms with E-state index in [0.29, 0.717) is 31.1 Å². The van der Waals surface area contributed by atoms with E-state index in [-0.39, 0.29) is 23.4 Å². The van der Waals surface area contributed by atoms with Crippen molar-refractivity contribution in [2.45, 2.75) is 89.9 Å². The third-order valence-corrected chi connectivity index (χ3v) is 9.88. The number of fused-ring (bicyclic) bond motifs is 5. The number of alkyl halides is 3. The van der Waals surface area contributed by atoms with Crippen molar-refractivity contribution in [2.75, 3.05) is 0 Å². The van der Waals surface area contributed by atoms with Gasteiger partial charge < -0.3 is 4.74 Å². The summed E-state index contributed by atoms with van der Waals surface area (Å²) in [5, 5.41) is 0. The van der Waals surface area contributed by atoms with Gasteiger partial charge in [-0.25, -0.2) is 0 Å². The van der Waals surface area contributed by atoms with Gasteiger partial charge in [-0.05, 0) is 73.5 Å². The summed E-state index contributed by atoms with van der Waals surface area (Å²) in [6.07, 6.45) is 7.08. The minimum atomic E-state index is -5.60. The van der Waals surface area contributed by atoms with Crippen molar-refractivity contribution >= 4 is 16.1 Å². The van der Waals surface area contributed by atoms with Crippen LogP contribution in [0.1, 0.15) is 72.1 Å². The van der Waals surface area contributed by atoms with E-state index < -0.39 is 27.1 Å². The van der Waals surface area contributed by atoms with Gasteiger partial charge in [-0.15, -0.1) is 0 Å². The van der Waals surface area contributed by atoms with Crippen molar-refractivity contribution < 1.29 is 35.3 Å². The molecule has 0 amide bonds. The first-order valence-electron chi connectivity index (χ1n) is 11.1. The van der Waals surface area contributed by atoms with Crippen LogP contribution in [0.2, 0.25) is 0 Å². The van der Waals surface area contributed by atoms with Crippen LogP contribution in [0.25, 0.3) is 0 Å². The van der Waals surface area contributed by atoms with Crippen LogP contribution in [-0.2, 0) is 23.8 Å².